The van der Waals surface area contributed by atoms with Gasteiger partial charge < -0.3 is 0 Å². The lowest BCUT2D eigenvalue weighted by Gasteiger charge is -2.23. The van der Waals surface area contributed by atoms with E-state index in [4.69, 9.17) is 0 Å². The lowest BCUT2D eigenvalue weighted by Crippen LogP contribution is -2.34. The Morgan fingerprint density at radius 1 is 1.00 bits per heavy atom. The third kappa shape index (κ3) is 2.27. The molecule has 18 heavy (non-hydrogen) atoms. The minimum absolute atomic E-state index is 0.135. The summed E-state index contributed by atoms with van der Waals surface area (Å²) < 4.78 is 98.9. The minimum atomic E-state index is -6.08. The van der Waals surface area contributed by atoms with Gasteiger partial charge in [0.25, 0.3) is 0 Å². The molecule has 102 valence electrons. The zero-order chi connectivity index (χ0) is 14.1. The van der Waals surface area contributed by atoms with Gasteiger partial charge in [-0.05, 0) is 11.4 Å². The molecular formula is C8H4F8N2. The third-order valence-electron chi connectivity index (χ3n) is 2.00. The Morgan fingerprint density at radius 2 is 1.56 bits per heavy atom. The molecule has 0 aliphatic heterocycles. The van der Waals surface area contributed by atoms with Crippen molar-refractivity contribution in [2.75, 3.05) is 10.9 Å². The fraction of sp³-hybridized carbons (Fsp3) is 0.250. The van der Waals surface area contributed by atoms with Crippen LogP contribution in [-0.2, 0) is 5.92 Å². The first-order valence-corrected chi connectivity index (χ1v) is 4.19. The Labute approximate surface area is 94.6 Å². The molecule has 0 fully saturated rings. The van der Waals surface area contributed by atoms with Gasteiger partial charge >= 0.3 is 12.1 Å². The van der Waals surface area contributed by atoms with Gasteiger partial charge in [-0.15, -0.1) is 4.48 Å². The van der Waals surface area contributed by atoms with Crippen molar-refractivity contribution in [1.29, 1.82) is 0 Å². The van der Waals surface area contributed by atoms with E-state index in [-0.39, 0.29) is 6.07 Å². The zero-order valence-electron chi connectivity index (χ0n) is 8.20. The van der Waals surface area contributed by atoms with Gasteiger partial charge in [0.05, 0.1) is 11.3 Å². The van der Waals surface area contributed by atoms with Gasteiger partial charge in [0, 0.05) is 0 Å². The highest BCUT2D eigenvalue weighted by molar-refractivity contribution is 5.72. The summed E-state index contributed by atoms with van der Waals surface area (Å²) in [4.78, 5) is 0. The highest BCUT2D eigenvalue weighted by Gasteiger charge is 2.60. The molecule has 1 rings (SSSR count). The molecule has 0 unspecified atom stereocenters. The average molecular weight is 280 g/mol. The molecule has 0 aliphatic rings. The molecule has 1 N–H and O–H groups in total. The Balaban J connectivity index is 3.50. The lowest BCUT2D eigenvalue weighted by atomic mass is 10.0. The second-order valence-corrected chi connectivity index (χ2v) is 3.10. The summed E-state index contributed by atoms with van der Waals surface area (Å²) in [6.45, 7) is 0. The van der Waals surface area contributed by atoms with Gasteiger partial charge in [0.15, 0.2) is 0 Å². The van der Waals surface area contributed by atoms with Crippen molar-refractivity contribution in [2.45, 2.75) is 12.1 Å². The van der Waals surface area contributed by atoms with E-state index in [2.05, 4.69) is 0 Å². The molecule has 2 nitrogen and oxygen atoms in total. The van der Waals surface area contributed by atoms with Gasteiger partial charge in [0.2, 0.25) is 0 Å². The smallest absolute Gasteiger partial charge is 0.222 e. The topological polar surface area (TPSA) is 15.3 Å². The molecule has 1 aromatic carbocycles. The summed E-state index contributed by atoms with van der Waals surface area (Å²) in [7, 11) is 0. The van der Waals surface area contributed by atoms with E-state index in [1.54, 1.807) is 0 Å². The molecule has 0 spiro atoms. The molecule has 0 radical (unpaired) electrons. The van der Waals surface area contributed by atoms with E-state index in [1.165, 1.54) is 0 Å². The average Bonchev–Trinajstić information content (AvgIpc) is 2.26. The van der Waals surface area contributed by atoms with Crippen LogP contribution in [0.2, 0.25) is 0 Å². The van der Waals surface area contributed by atoms with E-state index < -0.39 is 34.4 Å². The first-order chi connectivity index (χ1) is 8.13. The summed E-state index contributed by atoms with van der Waals surface area (Å²) in [5.41, 5.74) is -4.53. The van der Waals surface area contributed by atoms with Crippen LogP contribution in [0.4, 0.5) is 46.8 Å². The van der Waals surface area contributed by atoms with Crippen LogP contribution < -0.4 is 10.9 Å². The number of hydrogen-bond acceptors (Lipinski definition) is 2. The highest BCUT2D eigenvalue weighted by Crippen LogP contribution is 2.49. The molecule has 0 saturated carbocycles. The van der Waals surface area contributed by atoms with Crippen molar-refractivity contribution in [3.63, 3.8) is 0 Å². The molecule has 0 heterocycles. The SMILES string of the molecule is FNc1cccc(C(F)(F)C(F)(F)F)c1N(F)F. The maximum Gasteiger partial charge on any atom is 0.458 e. The lowest BCUT2D eigenvalue weighted by molar-refractivity contribution is -0.289. The van der Waals surface area contributed by atoms with Crippen LogP contribution in [0.5, 0.6) is 0 Å². The van der Waals surface area contributed by atoms with Crippen LogP contribution in [0.15, 0.2) is 18.2 Å². The number of hydrogen-bond donors (Lipinski definition) is 1. The second kappa shape index (κ2) is 4.50. The summed E-state index contributed by atoms with van der Waals surface area (Å²) in [5.74, 6) is -5.54. The second-order valence-electron chi connectivity index (χ2n) is 3.10. The standard InChI is InChI=1S/C8H4F8N2/c9-7(10,8(11,12)13)4-2-1-3-5(17-14)6(4)18(15)16/h1-3,17H. The van der Waals surface area contributed by atoms with Gasteiger partial charge in [-0.1, -0.05) is 21.1 Å². The van der Waals surface area contributed by atoms with E-state index >= 15 is 0 Å². The van der Waals surface area contributed by atoms with Crippen molar-refractivity contribution in [1.82, 2.24) is 0 Å². The maximum atomic E-state index is 13.0. The van der Waals surface area contributed by atoms with Gasteiger partial charge in [-0.3, -0.25) is 0 Å². The monoisotopic (exact) mass is 280 g/mol. The van der Waals surface area contributed by atoms with Crippen LogP contribution in [0.1, 0.15) is 5.56 Å². The summed E-state index contributed by atoms with van der Waals surface area (Å²) in [5, 5.41) is -2.02. The molecule has 0 aliphatic carbocycles. The van der Waals surface area contributed by atoms with Gasteiger partial charge in [0.1, 0.15) is 5.69 Å². The molecule has 0 amide bonds. The molecule has 0 bridgehead atoms. The molecule has 1 aromatic rings. The van der Waals surface area contributed by atoms with Crippen molar-refractivity contribution in [3.8, 4) is 0 Å². The highest BCUT2D eigenvalue weighted by atomic mass is 19.4. The fourth-order valence-corrected chi connectivity index (χ4v) is 1.21. The number of anilines is 2. The summed E-state index contributed by atoms with van der Waals surface area (Å²) >= 11 is 0. The number of nitrogens with zero attached hydrogens (tertiary/aromatic N) is 1. The zero-order valence-corrected chi connectivity index (χ0v) is 8.20. The van der Waals surface area contributed by atoms with E-state index in [0.29, 0.717) is 17.7 Å². The van der Waals surface area contributed by atoms with Crippen molar-refractivity contribution in [2.24, 2.45) is 0 Å². The quantitative estimate of drug-likeness (QED) is 0.659. The molecule has 0 saturated heterocycles. The number of rotatable bonds is 3. The first-order valence-electron chi connectivity index (χ1n) is 4.19. The Kier molecular flexibility index (Phi) is 3.58. The molecular weight excluding hydrogens is 276 g/mol. The van der Waals surface area contributed by atoms with Crippen molar-refractivity contribution < 1.29 is 35.4 Å². The Morgan fingerprint density at radius 3 is 1.94 bits per heavy atom. The van der Waals surface area contributed by atoms with Gasteiger partial charge in [-0.25, -0.2) is 5.54 Å². The minimum Gasteiger partial charge on any atom is -0.222 e. The summed E-state index contributed by atoms with van der Waals surface area (Å²) in [6.07, 6.45) is -6.08. The van der Waals surface area contributed by atoms with Gasteiger partial charge in [-0.2, -0.15) is 22.0 Å². The molecule has 0 aromatic heterocycles. The van der Waals surface area contributed by atoms with E-state index in [0.717, 1.165) is 0 Å². The third-order valence-corrected chi connectivity index (χ3v) is 2.00. The van der Waals surface area contributed by atoms with Crippen LogP contribution in [0, 0.1) is 0 Å². The Hall–Kier alpha value is -1.74. The van der Waals surface area contributed by atoms with E-state index in [9.17, 15) is 35.4 Å². The number of para-hydroxylation sites is 1. The Bertz CT molecular complexity index is 428. The van der Waals surface area contributed by atoms with Crippen LogP contribution >= 0.6 is 0 Å². The largest absolute Gasteiger partial charge is 0.458 e. The number of alkyl halides is 5. The normalized spacial score (nSPS) is 12.4. The van der Waals surface area contributed by atoms with Crippen molar-refractivity contribution >= 4 is 11.4 Å². The van der Waals surface area contributed by atoms with Crippen LogP contribution in [-0.4, -0.2) is 6.18 Å². The number of nitrogens with one attached hydrogen (secondary N) is 1. The molecule has 0 atom stereocenters. The summed E-state index contributed by atoms with van der Waals surface area (Å²) in [6, 6.07) is 1.30. The predicted molar refractivity (Wildman–Crippen MR) is 45.8 cm³/mol. The molecule has 10 heteroatoms. The maximum absolute atomic E-state index is 13.0. The van der Waals surface area contributed by atoms with E-state index in [1.807, 2.05) is 0 Å². The first kappa shape index (κ1) is 14.3. The van der Waals surface area contributed by atoms with Crippen LogP contribution in [0.25, 0.3) is 0 Å². The predicted octanol–water partition coefficient (Wildman–Crippen LogP) is 4.21. The number of benzene rings is 1. The number of halogens is 8. The van der Waals surface area contributed by atoms with Crippen LogP contribution in [0.3, 0.4) is 0 Å². The van der Waals surface area contributed by atoms with Crippen molar-refractivity contribution in [3.05, 3.63) is 23.8 Å². The fourth-order valence-electron chi connectivity index (χ4n) is 1.21.